The van der Waals surface area contributed by atoms with Crippen molar-refractivity contribution in [3.8, 4) is 0 Å². The van der Waals surface area contributed by atoms with Crippen LogP contribution in [0, 0.1) is 11.8 Å². The van der Waals surface area contributed by atoms with Crippen molar-refractivity contribution in [2.45, 2.75) is 65.3 Å². The molecule has 0 saturated carbocycles. The standard InChI is InChI=1S/C16H30N2O3/c1-12(2)6-4-7-13(3)17-16(21)18-9-5-8-14(11-18)10-15(19)20/h12-14H,4-11H2,1-3H3,(H,17,21)(H,19,20). The molecule has 1 saturated heterocycles. The molecule has 21 heavy (non-hydrogen) atoms. The van der Waals surface area contributed by atoms with Crippen LogP contribution in [0.1, 0.15) is 59.3 Å². The molecule has 1 heterocycles. The highest BCUT2D eigenvalue weighted by Gasteiger charge is 2.25. The van der Waals surface area contributed by atoms with Crippen LogP contribution in [0.4, 0.5) is 4.79 Å². The first kappa shape index (κ1) is 17.8. The number of piperidine rings is 1. The summed E-state index contributed by atoms with van der Waals surface area (Å²) < 4.78 is 0. The summed E-state index contributed by atoms with van der Waals surface area (Å²) in [6, 6.07) is 0.137. The average Bonchev–Trinajstić information content (AvgIpc) is 2.37. The zero-order valence-corrected chi connectivity index (χ0v) is 13.6. The molecular weight excluding hydrogens is 268 g/mol. The zero-order chi connectivity index (χ0) is 15.8. The molecular formula is C16H30N2O3. The second-order valence-corrected chi connectivity index (χ2v) is 6.73. The highest BCUT2D eigenvalue weighted by atomic mass is 16.4. The molecule has 1 fully saturated rings. The van der Waals surface area contributed by atoms with E-state index in [4.69, 9.17) is 5.11 Å². The van der Waals surface area contributed by atoms with Gasteiger partial charge in [-0.15, -0.1) is 0 Å². The fourth-order valence-corrected chi connectivity index (χ4v) is 2.87. The quantitative estimate of drug-likeness (QED) is 0.759. The molecule has 0 bridgehead atoms. The SMILES string of the molecule is CC(C)CCCC(C)NC(=O)N1CCCC(CC(=O)O)C1. The van der Waals surface area contributed by atoms with Crippen LogP contribution >= 0.6 is 0 Å². The number of carbonyl (C=O) groups is 2. The molecule has 1 rings (SSSR count). The normalized spacial score (nSPS) is 20.4. The van der Waals surface area contributed by atoms with Crippen LogP contribution in [0.15, 0.2) is 0 Å². The third-order valence-corrected chi connectivity index (χ3v) is 4.06. The zero-order valence-electron chi connectivity index (χ0n) is 13.6. The third-order valence-electron chi connectivity index (χ3n) is 4.06. The summed E-state index contributed by atoms with van der Waals surface area (Å²) in [6.07, 6.45) is 5.27. The number of hydrogen-bond donors (Lipinski definition) is 2. The molecule has 2 amide bonds. The number of urea groups is 1. The van der Waals surface area contributed by atoms with E-state index < -0.39 is 5.97 Å². The second kappa shape index (κ2) is 8.90. The predicted molar refractivity (Wildman–Crippen MR) is 83.2 cm³/mol. The number of likely N-dealkylation sites (tertiary alicyclic amines) is 1. The van der Waals surface area contributed by atoms with Gasteiger partial charge in [-0.25, -0.2) is 4.79 Å². The van der Waals surface area contributed by atoms with E-state index >= 15 is 0 Å². The van der Waals surface area contributed by atoms with Crippen molar-refractivity contribution in [3.05, 3.63) is 0 Å². The summed E-state index contributed by atoms with van der Waals surface area (Å²) in [5.41, 5.74) is 0. The van der Waals surface area contributed by atoms with Crippen molar-refractivity contribution in [2.24, 2.45) is 11.8 Å². The van der Waals surface area contributed by atoms with Crippen molar-refractivity contribution in [2.75, 3.05) is 13.1 Å². The van der Waals surface area contributed by atoms with Gasteiger partial charge in [0, 0.05) is 25.6 Å². The molecule has 5 heteroatoms. The van der Waals surface area contributed by atoms with Crippen LogP contribution < -0.4 is 5.32 Å². The molecule has 0 aromatic rings. The number of nitrogens with zero attached hydrogens (tertiary/aromatic N) is 1. The van der Waals surface area contributed by atoms with Gasteiger partial charge in [0.05, 0.1) is 0 Å². The van der Waals surface area contributed by atoms with E-state index in [-0.39, 0.29) is 24.4 Å². The van der Waals surface area contributed by atoms with Gasteiger partial charge in [0.2, 0.25) is 0 Å². The number of carbonyl (C=O) groups excluding carboxylic acids is 1. The Bertz CT molecular complexity index is 344. The Balaban J connectivity index is 2.31. The molecule has 5 nitrogen and oxygen atoms in total. The average molecular weight is 298 g/mol. The Morgan fingerprint density at radius 3 is 2.62 bits per heavy atom. The molecule has 0 aromatic heterocycles. The van der Waals surface area contributed by atoms with E-state index in [0.29, 0.717) is 12.5 Å². The molecule has 0 aliphatic carbocycles. The Morgan fingerprint density at radius 1 is 1.29 bits per heavy atom. The fourth-order valence-electron chi connectivity index (χ4n) is 2.87. The lowest BCUT2D eigenvalue weighted by molar-refractivity contribution is -0.138. The van der Waals surface area contributed by atoms with E-state index in [9.17, 15) is 9.59 Å². The summed E-state index contributed by atoms with van der Waals surface area (Å²) >= 11 is 0. The van der Waals surface area contributed by atoms with Crippen molar-refractivity contribution >= 4 is 12.0 Å². The number of aliphatic carboxylic acids is 1. The van der Waals surface area contributed by atoms with E-state index in [1.165, 1.54) is 6.42 Å². The number of rotatable bonds is 7. The lowest BCUT2D eigenvalue weighted by Crippen LogP contribution is -2.48. The van der Waals surface area contributed by atoms with Gasteiger partial charge < -0.3 is 15.3 Å². The highest BCUT2D eigenvalue weighted by Crippen LogP contribution is 2.19. The number of carboxylic acids is 1. The Morgan fingerprint density at radius 2 is 2.00 bits per heavy atom. The molecule has 0 spiro atoms. The van der Waals surface area contributed by atoms with Gasteiger partial charge in [-0.3, -0.25) is 4.79 Å². The lowest BCUT2D eigenvalue weighted by atomic mass is 9.95. The first-order chi connectivity index (χ1) is 9.88. The Hall–Kier alpha value is -1.26. The smallest absolute Gasteiger partial charge is 0.317 e. The van der Waals surface area contributed by atoms with E-state index in [1.54, 1.807) is 4.90 Å². The van der Waals surface area contributed by atoms with Gasteiger partial charge in [-0.05, 0) is 38.0 Å². The van der Waals surface area contributed by atoms with Crippen LogP contribution in [0.5, 0.6) is 0 Å². The largest absolute Gasteiger partial charge is 0.481 e. The van der Waals surface area contributed by atoms with Gasteiger partial charge in [-0.1, -0.05) is 26.7 Å². The molecule has 1 aliphatic rings. The molecule has 0 aromatic carbocycles. The number of nitrogens with one attached hydrogen (secondary N) is 1. The van der Waals surface area contributed by atoms with Crippen LogP contribution in [-0.2, 0) is 4.79 Å². The summed E-state index contributed by atoms with van der Waals surface area (Å²) in [5, 5.41) is 11.9. The van der Waals surface area contributed by atoms with E-state index in [2.05, 4.69) is 19.2 Å². The van der Waals surface area contributed by atoms with Crippen molar-refractivity contribution in [1.82, 2.24) is 10.2 Å². The summed E-state index contributed by atoms with van der Waals surface area (Å²) in [4.78, 5) is 24.8. The monoisotopic (exact) mass is 298 g/mol. The summed E-state index contributed by atoms with van der Waals surface area (Å²) in [5.74, 6) is 0.0225. The molecule has 2 N–H and O–H groups in total. The number of carboxylic acid groups (broad SMARTS) is 1. The van der Waals surface area contributed by atoms with Crippen molar-refractivity contribution in [3.63, 3.8) is 0 Å². The molecule has 122 valence electrons. The Kier molecular flexibility index (Phi) is 7.54. The van der Waals surface area contributed by atoms with Crippen LogP contribution in [0.25, 0.3) is 0 Å². The van der Waals surface area contributed by atoms with Gasteiger partial charge in [0.25, 0.3) is 0 Å². The summed E-state index contributed by atoms with van der Waals surface area (Å²) in [7, 11) is 0. The van der Waals surface area contributed by atoms with Gasteiger partial charge in [-0.2, -0.15) is 0 Å². The number of hydrogen-bond acceptors (Lipinski definition) is 2. The van der Waals surface area contributed by atoms with Crippen LogP contribution in [0.2, 0.25) is 0 Å². The van der Waals surface area contributed by atoms with Gasteiger partial charge in [0.15, 0.2) is 0 Å². The topological polar surface area (TPSA) is 69.6 Å². The second-order valence-electron chi connectivity index (χ2n) is 6.73. The molecule has 1 aliphatic heterocycles. The van der Waals surface area contributed by atoms with Crippen LogP contribution in [-0.4, -0.2) is 41.1 Å². The maximum atomic E-state index is 12.2. The fraction of sp³-hybridized carbons (Fsp3) is 0.875. The molecule has 2 atom stereocenters. The van der Waals surface area contributed by atoms with E-state index in [0.717, 1.165) is 32.2 Å². The maximum Gasteiger partial charge on any atom is 0.317 e. The predicted octanol–water partition coefficient (Wildman–Crippen LogP) is 3.10. The first-order valence-electron chi connectivity index (χ1n) is 8.15. The maximum absolute atomic E-state index is 12.2. The van der Waals surface area contributed by atoms with Gasteiger partial charge >= 0.3 is 12.0 Å². The minimum atomic E-state index is -0.774. The summed E-state index contributed by atoms with van der Waals surface area (Å²) in [6.45, 7) is 7.76. The van der Waals surface area contributed by atoms with Crippen molar-refractivity contribution in [1.29, 1.82) is 0 Å². The third kappa shape index (κ3) is 7.34. The Labute approximate surface area is 128 Å². The van der Waals surface area contributed by atoms with Crippen molar-refractivity contribution < 1.29 is 14.7 Å². The highest BCUT2D eigenvalue weighted by molar-refractivity contribution is 5.74. The minimum absolute atomic E-state index is 0.0397. The van der Waals surface area contributed by atoms with Crippen LogP contribution in [0.3, 0.4) is 0 Å². The minimum Gasteiger partial charge on any atom is -0.481 e. The van der Waals surface area contributed by atoms with Gasteiger partial charge in [0.1, 0.15) is 0 Å². The molecule has 2 unspecified atom stereocenters. The number of amides is 2. The lowest BCUT2D eigenvalue weighted by Gasteiger charge is -2.33. The first-order valence-corrected chi connectivity index (χ1v) is 8.15. The molecule has 0 radical (unpaired) electrons. The van der Waals surface area contributed by atoms with E-state index in [1.807, 2.05) is 6.92 Å².